The maximum atomic E-state index is 11.7. The number of aliphatic hydroxyl groups is 1. The van der Waals surface area contributed by atoms with E-state index in [0.717, 1.165) is 0 Å². The SMILES string of the molecule is CC1(C)OC(=O)C(=CNc2ccc(Cl)cc2CO)C(=O)O1. The molecule has 2 N–H and O–H groups in total. The van der Waals surface area contributed by atoms with Gasteiger partial charge in [0, 0.05) is 36.3 Å². The molecule has 7 heteroatoms. The van der Waals surface area contributed by atoms with E-state index in [-0.39, 0.29) is 12.2 Å². The normalized spacial score (nSPS) is 17.0. The largest absolute Gasteiger partial charge is 0.419 e. The van der Waals surface area contributed by atoms with Crippen LogP contribution >= 0.6 is 11.6 Å². The molecule has 0 saturated carbocycles. The van der Waals surface area contributed by atoms with Gasteiger partial charge in [-0.15, -0.1) is 0 Å². The molecular weight excluding hydrogens is 298 g/mol. The van der Waals surface area contributed by atoms with E-state index in [1.807, 2.05) is 0 Å². The summed E-state index contributed by atoms with van der Waals surface area (Å²) in [6.45, 7) is 2.69. The molecule has 1 fully saturated rings. The molecule has 0 spiro atoms. The quantitative estimate of drug-likeness (QED) is 0.504. The van der Waals surface area contributed by atoms with Gasteiger partial charge in [-0.1, -0.05) is 11.6 Å². The number of hydrogen-bond acceptors (Lipinski definition) is 6. The van der Waals surface area contributed by atoms with Crippen molar-refractivity contribution >= 4 is 29.2 Å². The predicted molar refractivity (Wildman–Crippen MR) is 75.3 cm³/mol. The minimum absolute atomic E-state index is 0.242. The second-order valence-electron chi connectivity index (χ2n) is 4.84. The lowest BCUT2D eigenvalue weighted by molar-refractivity contribution is -0.222. The Morgan fingerprint density at radius 3 is 2.48 bits per heavy atom. The third-order valence-corrected chi connectivity index (χ3v) is 2.96. The van der Waals surface area contributed by atoms with Crippen LogP contribution in [0.15, 0.2) is 30.0 Å². The molecule has 0 aromatic heterocycles. The van der Waals surface area contributed by atoms with E-state index in [2.05, 4.69) is 5.32 Å². The molecule has 1 aliphatic heterocycles. The first-order valence-corrected chi connectivity index (χ1v) is 6.53. The van der Waals surface area contributed by atoms with Crippen LogP contribution in [0.25, 0.3) is 0 Å². The maximum absolute atomic E-state index is 11.7. The van der Waals surface area contributed by atoms with Crippen LogP contribution in [0.2, 0.25) is 5.02 Å². The van der Waals surface area contributed by atoms with Gasteiger partial charge in [-0.05, 0) is 18.2 Å². The molecule has 1 aromatic rings. The van der Waals surface area contributed by atoms with Crippen LogP contribution in [0.5, 0.6) is 0 Å². The molecule has 0 aliphatic carbocycles. The summed E-state index contributed by atoms with van der Waals surface area (Å²) >= 11 is 5.82. The van der Waals surface area contributed by atoms with Gasteiger partial charge >= 0.3 is 11.9 Å². The van der Waals surface area contributed by atoms with Gasteiger partial charge in [-0.25, -0.2) is 9.59 Å². The van der Waals surface area contributed by atoms with E-state index >= 15 is 0 Å². The van der Waals surface area contributed by atoms with Crippen LogP contribution in [0.3, 0.4) is 0 Å². The van der Waals surface area contributed by atoms with Crippen LogP contribution in [0.1, 0.15) is 19.4 Å². The molecule has 2 rings (SSSR count). The lowest BCUT2D eigenvalue weighted by Crippen LogP contribution is -2.42. The maximum Gasteiger partial charge on any atom is 0.350 e. The average Bonchev–Trinajstić information content (AvgIpc) is 2.37. The van der Waals surface area contributed by atoms with Gasteiger partial charge in [0.05, 0.1) is 6.61 Å². The third-order valence-electron chi connectivity index (χ3n) is 2.73. The number of nitrogens with one attached hydrogen (secondary N) is 1. The van der Waals surface area contributed by atoms with Crippen molar-refractivity contribution in [3.8, 4) is 0 Å². The topological polar surface area (TPSA) is 84.9 Å². The highest BCUT2D eigenvalue weighted by Gasteiger charge is 2.38. The highest BCUT2D eigenvalue weighted by molar-refractivity contribution is 6.30. The molecule has 0 radical (unpaired) electrons. The van der Waals surface area contributed by atoms with E-state index in [0.29, 0.717) is 16.3 Å². The summed E-state index contributed by atoms with van der Waals surface area (Å²) in [6, 6.07) is 4.81. The molecule has 0 bridgehead atoms. The molecule has 0 unspecified atom stereocenters. The Morgan fingerprint density at radius 1 is 1.29 bits per heavy atom. The zero-order chi connectivity index (χ0) is 15.6. The Labute approximate surface area is 126 Å². The fraction of sp³-hybridized carbons (Fsp3) is 0.286. The standard InChI is InChI=1S/C14H14ClNO5/c1-14(2)20-12(18)10(13(19)21-14)6-16-11-4-3-9(15)5-8(11)7-17/h3-6,16-17H,7H2,1-2H3. The van der Waals surface area contributed by atoms with Crippen molar-refractivity contribution in [3.63, 3.8) is 0 Å². The number of benzene rings is 1. The molecule has 6 nitrogen and oxygen atoms in total. The number of carbonyl (C=O) groups excluding carboxylic acids is 2. The highest BCUT2D eigenvalue weighted by Crippen LogP contribution is 2.24. The van der Waals surface area contributed by atoms with Crippen molar-refractivity contribution in [2.24, 2.45) is 0 Å². The summed E-state index contributed by atoms with van der Waals surface area (Å²) in [7, 11) is 0. The van der Waals surface area contributed by atoms with E-state index in [1.165, 1.54) is 20.0 Å². The number of anilines is 1. The first kappa shape index (κ1) is 15.3. The Hall–Kier alpha value is -2.05. The minimum atomic E-state index is -1.28. The lowest BCUT2D eigenvalue weighted by Gasteiger charge is -2.29. The summed E-state index contributed by atoms with van der Waals surface area (Å²) in [6.07, 6.45) is 1.18. The zero-order valence-corrected chi connectivity index (χ0v) is 12.2. The number of rotatable bonds is 3. The van der Waals surface area contributed by atoms with Crippen molar-refractivity contribution in [3.05, 3.63) is 40.6 Å². The van der Waals surface area contributed by atoms with Crippen LogP contribution in [-0.2, 0) is 25.7 Å². The summed E-state index contributed by atoms with van der Waals surface area (Å²) in [5, 5.41) is 12.5. The average molecular weight is 312 g/mol. The lowest BCUT2D eigenvalue weighted by atomic mass is 10.2. The molecule has 0 amide bonds. The van der Waals surface area contributed by atoms with Crippen LogP contribution in [0, 0.1) is 0 Å². The van der Waals surface area contributed by atoms with Crippen LogP contribution in [0.4, 0.5) is 5.69 Å². The van der Waals surface area contributed by atoms with Gasteiger partial charge in [0.1, 0.15) is 0 Å². The molecule has 0 atom stereocenters. The van der Waals surface area contributed by atoms with Gasteiger partial charge in [0.15, 0.2) is 5.57 Å². The number of carbonyl (C=O) groups is 2. The molecular formula is C14H14ClNO5. The number of ether oxygens (including phenoxy) is 2. The van der Waals surface area contributed by atoms with Gasteiger partial charge in [-0.2, -0.15) is 0 Å². The van der Waals surface area contributed by atoms with E-state index in [9.17, 15) is 14.7 Å². The Morgan fingerprint density at radius 2 is 1.90 bits per heavy atom. The molecule has 21 heavy (non-hydrogen) atoms. The first-order chi connectivity index (χ1) is 9.82. The van der Waals surface area contributed by atoms with Crippen LogP contribution in [-0.4, -0.2) is 22.8 Å². The third kappa shape index (κ3) is 3.53. The highest BCUT2D eigenvalue weighted by atomic mass is 35.5. The summed E-state index contributed by atoms with van der Waals surface area (Å²) < 4.78 is 9.92. The van der Waals surface area contributed by atoms with E-state index in [4.69, 9.17) is 21.1 Å². The Bertz CT molecular complexity index is 602. The second kappa shape index (κ2) is 5.75. The predicted octanol–water partition coefficient (Wildman–Crippen LogP) is 1.96. The zero-order valence-electron chi connectivity index (χ0n) is 11.5. The van der Waals surface area contributed by atoms with E-state index in [1.54, 1.807) is 18.2 Å². The summed E-state index contributed by atoms with van der Waals surface area (Å²) in [5.74, 6) is -2.83. The number of aliphatic hydroxyl groups excluding tert-OH is 1. The summed E-state index contributed by atoms with van der Waals surface area (Å²) in [4.78, 5) is 23.5. The van der Waals surface area contributed by atoms with Crippen LogP contribution < -0.4 is 5.32 Å². The van der Waals surface area contributed by atoms with Gasteiger partial charge < -0.3 is 19.9 Å². The molecule has 1 saturated heterocycles. The fourth-order valence-corrected chi connectivity index (χ4v) is 1.96. The Kier molecular flexibility index (Phi) is 4.20. The number of esters is 2. The number of hydrogen-bond donors (Lipinski definition) is 2. The van der Waals surface area contributed by atoms with Crippen molar-refractivity contribution in [2.45, 2.75) is 26.2 Å². The van der Waals surface area contributed by atoms with E-state index < -0.39 is 17.7 Å². The van der Waals surface area contributed by atoms with Gasteiger partial charge in [0.25, 0.3) is 5.79 Å². The monoisotopic (exact) mass is 311 g/mol. The first-order valence-electron chi connectivity index (χ1n) is 6.15. The van der Waals surface area contributed by atoms with Gasteiger partial charge in [-0.3, -0.25) is 0 Å². The smallest absolute Gasteiger partial charge is 0.350 e. The minimum Gasteiger partial charge on any atom is -0.419 e. The number of cyclic esters (lactones) is 2. The second-order valence-corrected chi connectivity index (χ2v) is 5.28. The molecule has 1 aromatic carbocycles. The molecule has 1 aliphatic rings. The van der Waals surface area contributed by atoms with Gasteiger partial charge in [0.2, 0.25) is 0 Å². The number of halogens is 1. The molecule has 112 valence electrons. The fourth-order valence-electron chi connectivity index (χ4n) is 1.76. The van der Waals surface area contributed by atoms with Crippen molar-refractivity contribution in [2.75, 3.05) is 5.32 Å². The Balaban J connectivity index is 2.22. The molecule has 1 heterocycles. The van der Waals surface area contributed by atoms with Crippen molar-refractivity contribution in [1.82, 2.24) is 0 Å². The van der Waals surface area contributed by atoms with Crippen molar-refractivity contribution in [1.29, 1.82) is 0 Å². The summed E-state index contributed by atoms with van der Waals surface area (Å²) in [5.41, 5.74) is 0.783. The van der Waals surface area contributed by atoms with Crippen molar-refractivity contribution < 1.29 is 24.2 Å².